The number of carbonyl (C=O) groups is 2. The summed E-state index contributed by atoms with van der Waals surface area (Å²) in [6.45, 7) is 0.651. The number of amides is 2. The maximum absolute atomic E-state index is 12.6. The van der Waals surface area contributed by atoms with Crippen molar-refractivity contribution in [3.05, 3.63) is 86.8 Å². The Balaban J connectivity index is 1.27. The van der Waals surface area contributed by atoms with Crippen molar-refractivity contribution in [2.24, 2.45) is 5.92 Å². The van der Waals surface area contributed by atoms with E-state index in [1.807, 2.05) is 30.3 Å². The van der Waals surface area contributed by atoms with Crippen molar-refractivity contribution >= 4 is 62.3 Å². The molecule has 0 unspecified atom stereocenters. The molecular formula is C24H20BrCl2N3O3. The van der Waals surface area contributed by atoms with Crippen LogP contribution in [0.5, 0.6) is 5.75 Å². The van der Waals surface area contributed by atoms with Crippen LogP contribution in [0.1, 0.15) is 12.0 Å². The average Bonchev–Trinajstić information content (AvgIpc) is 3.20. The van der Waals surface area contributed by atoms with Gasteiger partial charge in [0.05, 0.1) is 11.6 Å². The number of hydrogen-bond acceptors (Lipinski definition) is 4. The number of halogens is 3. The summed E-state index contributed by atoms with van der Waals surface area (Å²) < 4.78 is 6.69. The van der Waals surface area contributed by atoms with E-state index in [1.165, 1.54) is 0 Å². The van der Waals surface area contributed by atoms with Crippen LogP contribution in [-0.4, -0.2) is 18.4 Å². The Kier molecular flexibility index (Phi) is 7.42. The molecule has 1 aliphatic heterocycles. The van der Waals surface area contributed by atoms with Crippen molar-refractivity contribution in [3.8, 4) is 5.75 Å². The molecule has 1 fully saturated rings. The summed E-state index contributed by atoms with van der Waals surface area (Å²) in [4.78, 5) is 26.6. The first kappa shape index (κ1) is 23.4. The second-order valence-corrected chi connectivity index (χ2v) is 9.30. The first-order chi connectivity index (χ1) is 15.9. The first-order valence-corrected chi connectivity index (χ1v) is 11.7. The lowest BCUT2D eigenvalue weighted by Gasteiger charge is -2.17. The van der Waals surface area contributed by atoms with E-state index < -0.39 is 5.92 Å². The number of anilines is 2. The minimum absolute atomic E-state index is 0.0697. The van der Waals surface area contributed by atoms with E-state index in [2.05, 4.69) is 26.8 Å². The molecule has 2 amide bonds. The zero-order valence-corrected chi connectivity index (χ0v) is 20.5. The zero-order chi connectivity index (χ0) is 23.4. The van der Waals surface area contributed by atoms with Crippen LogP contribution in [0.2, 0.25) is 10.0 Å². The fraction of sp³-hybridized carbons (Fsp3) is 0.167. The summed E-state index contributed by atoms with van der Waals surface area (Å²) in [5.74, 6) is -0.0785. The van der Waals surface area contributed by atoms with Gasteiger partial charge in [0, 0.05) is 38.7 Å². The van der Waals surface area contributed by atoms with Gasteiger partial charge < -0.3 is 9.64 Å². The summed E-state index contributed by atoms with van der Waals surface area (Å²) in [6, 6.07) is 19.8. The highest BCUT2D eigenvalue weighted by Gasteiger charge is 2.35. The molecule has 0 aromatic heterocycles. The topological polar surface area (TPSA) is 70.7 Å². The number of nitrogens with zero attached hydrogens (tertiary/aromatic N) is 1. The van der Waals surface area contributed by atoms with Crippen LogP contribution in [-0.2, 0) is 16.2 Å². The Labute approximate surface area is 209 Å². The third kappa shape index (κ3) is 5.99. The summed E-state index contributed by atoms with van der Waals surface area (Å²) in [6.07, 6.45) is 0.170. The molecule has 4 rings (SSSR count). The van der Waals surface area contributed by atoms with Crippen molar-refractivity contribution < 1.29 is 14.3 Å². The quantitative estimate of drug-likeness (QED) is 0.364. The molecule has 170 valence electrons. The summed E-state index contributed by atoms with van der Waals surface area (Å²) in [5, 5.41) is 1.12. The number of carbonyl (C=O) groups excluding carboxylic acids is 2. The molecule has 3 aromatic rings. The van der Waals surface area contributed by atoms with Gasteiger partial charge in [-0.15, -0.1) is 0 Å². The number of ether oxygens (including phenoxy) is 1. The van der Waals surface area contributed by atoms with E-state index in [0.29, 0.717) is 34.6 Å². The predicted molar refractivity (Wildman–Crippen MR) is 134 cm³/mol. The van der Waals surface area contributed by atoms with Crippen LogP contribution < -0.4 is 20.5 Å². The maximum atomic E-state index is 12.6. The van der Waals surface area contributed by atoms with Gasteiger partial charge >= 0.3 is 0 Å². The summed E-state index contributed by atoms with van der Waals surface area (Å²) >= 11 is 15.5. The van der Waals surface area contributed by atoms with Gasteiger partial charge in [-0.25, -0.2) is 0 Å². The van der Waals surface area contributed by atoms with Gasteiger partial charge in [-0.3, -0.25) is 20.4 Å². The third-order valence-corrected chi connectivity index (χ3v) is 6.34. The minimum Gasteiger partial charge on any atom is -0.489 e. The van der Waals surface area contributed by atoms with Crippen molar-refractivity contribution in [2.75, 3.05) is 16.9 Å². The SMILES string of the molecule is O=C(NNc1ccc(OCc2ccc(Cl)cc2Cl)cc1)[C@H]1CC(=O)N(c2ccc(Br)cc2)C1. The van der Waals surface area contributed by atoms with Gasteiger partial charge in [-0.05, 0) is 60.7 Å². The zero-order valence-electron chi connectivity index (χ0n) is 17.4. The number of rotatable bonds is 7. The Bertz CT molecular complexity index is 1160. The first-order valence-electron chi connectivity index (χ1n) is 10.2. The summed E-state index contributed by atoms with van der Waals surface area (Å²) in [5.41, 5.74) is 7.88. The fourth-order valence-electron chi connectivity index (χ4n) is 3.42. The Morgan fingerprint density at radius 2 is 1.79 bits per heavy atom. The molecule has 3 aromatic carbocycles. The molecule has 0 saturated carbocycles. The Morgan fingerprint density at radius 3 is 2.48 bits per heavy atom. The van der Waals surface area contributed by atoms with Crippen molar-refractivity contribution in [3.63, 3.8) is 0 Å². The molecule has 0 radical (unpaired) electrons. The molecule has 0 aliphatic carbocycles. The number of hydrazine groups is 1. The van der Waals surface area contributed by atoms with Gasteiger partial charge in [0.15, 0.2) is 0 Å². The van der Waals surface area contributed by atoms with E-state index >= 15 is 0 Å². The van der Waals surface area contributed by atoms with Crippen molar-refractivity contribution in [1.82, 2.24) is 5.43 Å². The number of nitrogens with one attached hydrogen (secondary N) is 2. The Hall–Kier alpha value is -2.74. The minimum atomic E-state index is -0.430. The van der Waals surface area contributed by atoms with Crippen LogP contribution in [0.3, 0.4) is 0 Å². The lowest BCUT2D eigenvalue weighted by atomic mass is 10.1. The maximum Gasteiger partial charge on any atom is 0.243 e. The highest BCUT2D eigenvalue weighted by atomic mass is 79.9. The largest absolute Gasteiger partial charge is 0.489 e. The molecule has 2 N–H and O–H groups in total. The van der Waals surface area contributed by atoms with Crippen LogP contribution >= 0.6 is 39.1 Å². The van der Waals surface area contributed by atoms with E-state index in [0.717, 1.165) is 15.7 Å². The molecule has 6 nitrogen and oxygen atoms in total. The van der Waals surface area contributed by atoms with Gasteiger partial charge in [0.2, 0.25) is 11.8 Å². The lowest BCUT2D eigenvalue weighted by molar-refractivity contribution is -0.125. The van der Waals surface area contributed by atoms with Crippen LogP contribution in [0.15, 0.2) is 71.2 Å². The molecule has 1 heterocycles. The van der Waals surface area contributed by atoms with Gasteiger partial charge in [0.1, 0.15) is 12.4 Å². The van der Waals surface area contributed by atoms with Gasteiger partial charge in [-0.2, -0.15) is 0 Å². The van der Waals surface area contributed by atoms with E-state index in [4.69, 9.17) is 27.9 Å². The molecule has 1 saturated heterocycles. The molecular weight excluding hydrogens is 529 g/mol. The van der Waals surface area contributed by atoms with Crippen LogP contribution in [0.25, 0.3) is 0 Å². The molecule has 1 atom stereocenters. The highest BCUT2D eigenvalue weighted by molar-refractivity contribution is 9.10. The van der Waals surface area contributed by atoms with Gasteiger partial charge in [0.25, 0.3) is 0 Å². The van der Waals surface area contributed by atoms with E-state index in [1.54, 1.807) is 41.3 Å². The van der Waals surface area contributed by atoms with Crippen molar-refractivity contribution in [2.45, 2.75) is 13.0 Å². The van der Waals surface area contributed by atoms with Gasteiger partial charge in [-0.1, -0.05) is 45.2 Å². The van der Waals surface area contributed by atoms with Crippen LogP contribution in [0.4, 0.5) is 11.4 Å². The Morgan fingerprint density at radius 1 is 1.06 bits per heavy atom. The average molecular weight is 549 g/mol. The monoisotopic (exact) mass is 547 g/mol. The normalized spacial score (nSPS) is 15.4. The lowest BCUT2D eigenvalue weighted by Crippen LogP contribution is -2.36. The molecule has 0 spiro atoms. The molecule has 33 heavy (non-hydrogen) atoms. The third-order valence-electron chi connectivity index (χ3n) is 5.23. The fourth-order valence-corrected chi connectivity index (χ4v) is 4.15. The standard InChI is InChI=1S/C24H20BrCl2N3O3/c25-17-2-7-20(8-3-17)30-13-16(11-23(30)31)24(32)29-28-19-5-9-21(10-6-19)33-14-15-1-4-18(26)12-22(15)27/h1-10,12,16,28H,11,13-14H2,(H,29,32)/t16-/m0/s1. The molecule has 1 aliphatic rings. The highest BCUT2D eigenvalue weighted by Crippen LogP contribution is 2.27. The number of benzene rings is 3. The number of hydrogen-bond donors (Lipinski definition) is 2. The molecule has 0 bridgehead atoms. The van der Waals surface area contributed by atoms with Crippen LogP contribution in [0, 0.1) is 5.92 Å². The molecule has 9 heteroatoms. The van der Waals surface area contributed by atoms with E-state index in [9.17, 15) is 9.59 Å². The summed E-state index contributed by atoms with van der Waals surface area (Å²) in [7, 11) is 0. The second kappa shape index (κ2) is 10.5. The van der Waals surface area contributed by atoms with E-state index in [-0.39, 0.29) is 18.2 Å². The van der Waals surface area contributed by atoms with Crippen molar-refractivity contribution in [1.29, 1.82) is 0 Å². The smallest absolute Gasteiger partial charge is 0.243 e. The second-order valence-electron chi connectivity index (χ2n) is 7.54. The predicted octanol–water partition coefficient (Wildman–Crippen LogP) is 5.83.